The van der Waals surface area contributed by atoms with Crippen molar-refractivity contribution in [2.75, 3.05) is 6.54 Å². The number of aryl methyl sites for hydroxylation is 1. The second-order valence-corrected chi connectivity index (χ2v) is 7.01. The van der Waals surface area contributed by atoms with E-state index in [2.05, 4.69) is 9.71 Å². The van der Waals surface area contributed by atoms with Crippen molar-refractivity contribution < 1.29 is 8.42 Å². The van der Waals surface area contributed by atoms with Crippen LogP contribution >= 0.6 is 11.3 Å². The van der Waals surface area contributed by atoms with Gasteiger partial charge in [-0.05, 0) is 37.1 Å². The summed E-state index contributed by atoms with van der Waals surface area (Å²) in [6, 6.07) is 5.38. The molecule has 0 amide bonds. The first kappa shape index (κ1) is 12.3. The molecule has 0 aliphatic rings. The summed E-state index contributed by atoms with van der Waals surface area (Å²) in [6.07, 6.45) is 4.38. The van der Waals surface area contributed by atoms with E-state index in [0.29, 0.717) is 17.2 Å². The minimum atomic E-state index is -3.33. The fourth-order valence-corrected chi connectivity index (χ4v) is 3.83. The molecule has 0 bridgehead atoms. The number of hydrogen-bond acceptors (Lipinski definition) is 3. The maximum Gasteiger partial charge on any atom is 0.250 e. The summed E-state index contributed by atoms with van der Waals surface area (Å²) in [5.41, 5.74) is 1.09. The number of nitrogens with one attached hydrogen (secondary N) is 2. The third-order valence-corrected chi connectivity index (χ3v) is 5.30. The number of aromatic nitrogens is 1. The van der Waals surface area contributed by atoms with Crippen LogP contribution in [0.2, 0.25) is 0 Å². The highest BCUT2D eigenvalue weighted by molar-refractivity contribution is 7.91. The maximum atomic E-state index is 11.9. The monoisotopic (exact) mass is 270 g/mol. The van der Waals surface area contributed by atoms with Gasteiger partial charge < -0.3 is 4.98 Å². The van der Waals surface area contributed by atoms with Gasteiger partial charge in [0.25, 0.3) is 0 Å². The molecular formula is C11H14N2O2S2. The molecule has 92 valence electrons. The van der Waals surface area contributed by atoms with Gasteiger partial charge in [0.1, 0.15) is 4.21 Å². The summed E-state index contributed by atoms with van der Waals surface area (Å²) in [6.45, 7) is 2.31. The van der Waals surface area contributed by atoms with Crippen molar-refractivity contribution >= 4 is 21.4 Å². The molecule has 0 fully saturated rings. The highest BCUT2D eigenvalue weighted by atomic mass is 32.2. The molecule has 0 spiro atoms. The molecule has 0 aromatic carbocycles. The van der Waals surface area contributed by atoms with Crippen LogP contribution in [-0.4, -0.2) is 19.9 Å². The number of aromatic amines is 1. The standard InChI is InChI=1S/C11H14N2O2S2/c1-9-2-3-11(16-9)17(14,15)13-7-5-10-4-6-12-8-10/h2-4,6,8,12-13H,5,7H2,1H3. The molecule has 0 saturated heterocycles. The first-order valence-electron chi connectivity index (χ1n) is 5.26. The van der Waals surface area contributed by atoms with E-state index in [1.165, 1.54) is 11.3 Å². The maximum absolute atomic E-state index is 11.9. The lowest BCUT2D eigenvalue weighted by molar-refractivity contribution is 0.584. The Kier molecular flexibility index (Phi) is 3.66. The van der Waals surface area contributed by atoms with E-state index in [0.717, 1.165) is 10.4 Å². The van der Waals surface area contributed by atoms with E-state index in [9.17, 15) is 8.42 Å². The van der Waals surface area contributed by atoms with Gasteiger partial charge in [-0.2, -0.15) is 0 Å². The molecule has 0 aliphatic heterocycles. The van der Waals surface area contributed by atoms with E-state index in [1.54, 1.807) is 6.07 Å². The van der Waals surface area contributed by atoms with Crippen LogP contribution in [0.3, 0.4) is 0 Å². The van der Waals surface area contributed by atoms with Crippen molar-refractivity contribution in [3.63, 3.8) is 0 Å². The van der Waals surface area contributed by atoms with Crippen LogP contribution in [0.25, 0.3) is 0 Å². The van der Waals surface area contributed by atoms with Crippen molar-refractivity contribution in [3.05, 3.63) is 41.0 Å². The fraction of sp³-hybridized carbons (Fsp3) is 0.273. The largest absolute Gasteiger partial charge is 0.367 e. The minimum Gasteiger partial charge on any atom is -0.367 e. The minimum absolute atomic E-state index is 0.379. The Morgan fingerprint density at radius 3 is 2.76 bits per heavy atom. The van der Waals surface area contributed by atoms with Crippen LogP contribution in [-0.2, 0) is 16.4 Å². The molecule has 0 atom stereocenters. The van der Waals surface area contributed by atoms with Crippen molar-refractivity contribution in [1.82, 2.24) is 9.71 Å². The Labute approximate surface area is 105 Å². The van der Waals surface area contributed by atoms with Crippen molar-refractivity contribution in [1.29, 1.82) is 0 Å². The van der Waals surface area contributed by atoms with Crippen LogP contribution < -0.4 is 4.72 Å². The average molecular weight is 270 g/mol. The molecule has 6 heteroatoms. The quantitative estimate of drug-likeness (QED) is 0.871. The molecule has 0 saturated carbocycles. The van der Waals surface area contributed by atoms with Gasteiger partial charge in [0, 0.05) is 23.8 Å². The second-order valence-electron chi connectivity index (χ2n) is 3.73. The van der Waals surface area contributed by atoms with Crippen LogP contribution in [0.4, 0.5) is 0 Å². The molecular weight excluding hydrogens is 256 g/mol. The first-order valence-corrected chi connectivity index (χ1v) is 7.56. The Bertz CT molecular complexity index is 570. The topological polar surface area (TPSA) is 62.0 Å². The summed E-state index contributed by atoms with van der Waals surface area (Å²) in [7, 11) is -3.33. The third-order valence-electron chi connectivity index (χ3n) is 2.35. The van der Waals surface area contributed by atoms with Crippen LogP contribution in [0.1, 0.15) is 10.4 Å². The molecule has 0 unspecified atom stereocenters. The van der Waals surface area contributed by atoms with E-state index in [-0.39, 0.29) is 0 Å². The average Bonchev–Trinajstić information content (AvgIpc) is 2.89. The molecule has 4 nitrogen and oxygen atoms in total. The molecule has 2 aromatic rings. The Morgan fingerprint density at radius 2 is 2.18 bits per heavy atom. The van der Waals surface area contributed by atoms with Crippen molar-refractivity contribution in [2.45, 2.75) is 17.6 Å². The summed E-state index contributed by atoms with van der Waals surface area (Å²) in [5.74, 6) is 0. The predicted molar refractivity (Wildman–Crippen MR) is 68.7 cm³/mol. The van der Waals surface area contributed by atoms with E-state index in [1.807, 2.05) is 31.5 Å². The van der Waals surface area contributed by atoms with Gasteiger partial charge in [-0.25, -0.2) is 13.1 Å². The first-order chi connectivity index (χ1) is 8.08. The van der Waals surface area contributed by atoms with Crippen LogP contribution in [0.15, 0.2) is 34.8 Å². The Balaban J connectivity index is 1.94. The highest BCUT2D eigenvalue weighted by Crippen LogP contribution is 2.20. The molecule has 2 heterocycles. The van der Waals surface area contributed by atoms with Crippen molar-refractivity contribution in [2.24, 2.45) is 0 Å². The van der Waals surface area contributed by atoms with Gasteiger partial charge in [0.2, 0.25) is 10.0 Å². The molecule has 2 aromatic heterocycles. The zero-order valence-corrected chi connectivity index (χ0v) is 11.1. The van der Waals surface area contributed by atoms with Crippen LogP contribution in [0, 0.1) is 6.92 Å². The van der Waals surface area contributed by atoms with Gasteiger partial charge in [-0.1, -0.05) is 0 Å². The third kappa shape index (κ3) is 3.18. The summed E-state index contributed by atoms with van der Waals surface area (Å²) < 4.78 is 26.7. The normalized spacial score (nSPS) is 11.8. The lowest BCUT2D eigenvalue weighted by atomic mass is 10.2. The van der Waals surface area contributed by atoms with Crippen molar-refractivity contribution in [3.8, 4) is 0 Å². The van der Waals surface area contributed by atoms with Gasteiger partial charge in [0.05, 0.1) is 0 Å². The van der Waals surface area contributed by atoms with E-state index < -0.39 is 10.0 Å². The lowest BCUT2D eigenvalue weighted by Gasteiger charge is -2.03. The second kappa shape index (κ2) is 5.03. The number of H-pyrrole nitrogens is 1. The zero-order valence-electron chi connectivity index (χ0n) is 9.43. The summed E-state index contributed by atoms with van der Waals surface area (Å²) in [5, 5.41) is 0. The predicted octanol–water partition coefficient (Wildman–Crippen LogP) is 1.91. The zero-order chi connectivity index (χ0) is 12.3. The highest BCUT2D eigenvalue weighted by Gasteiger charge is 2.15. The summed E-state index contributed by atoms with van der Waals surface area (Å²) >= 11 is 1.29. The SMILES string of the molecule is Cc1ccc(S(=O)(=O)NCCc2cc[nH]c2)s1. The Hall–Kier alpha value is -1.11. The molecule has 2 rings (SSSR count). The number of hydrogen-bond donors (Lipinski definition) is 2. The van der Waals surface area contributed by atoms with Gasteiger partial charge >= 0.3 is 0 Å². The number of thiophene rings is 1. The number of rotatable bonds is 5. The summed E-state index contributed by atoms with van der Waals surface area (Å²) in [4.78, 5) is 3.93. The molecule has 0 radical (unpaired) electrons. The molecule has 17 heavy (non-hydrogen) atoms. The van der Waals surface area contributed by atoms with E-state index >= 15 is 0 Å². The van der Waals surface area contributed by atoms with Crippen LogP contribution in [0.5, 0.6) is 0 Å². The molecule has 0 aliphatic carbocycles. The van der Waals surface area contributed by atoms with Gasteiger partial charge in [0.15, 0.2) is 0 Å². The molecule has 2 N–H and O–H groups in total. The Morgan fingerprint density at radius 1 is 1.35 bits per heavy atom. The van der Waals surface area contributed by atoms with E-state index in [4.69, 9.17) is 0 Å². The van der Waals surface area contributed by atoms with Gasteiger partial charge in [-0.15, -0.1) is 11.3 Å². The van der Waals surface area contributed by atoms with Gasteiger partial charge in [-0.3, -0.25) is 0 Å². The number of sulfonamides is 1. The lowest BCUT2D eigenvalue weighted by Crippen LogP contribution is -2.25. The fourth-order valence-electron chi connectivity index (χ4n) is 1.47. The smallest absolute Gasteiger partial charge is 0.250 e.